The summed E-state index contributed by atoms with van der Waals surface area (Å²) in [6.45, 7) is 3.62. The number of aliphatic hydroxyl groups is 1. The lowest BCUT2D eigenvalue weighted by molar-refractivity contribution is -0.123. The number of hydrogen-bond acceptors (Lipinski definition) is 4. The smallest absolute Gasteiger partial charge is 0.258 e. The van der Waals surface area contributed by atoms with E-state index in [1.54, 1.807) is 20.1 Å². The molecular weight excluding hydrogens is 258 g/mol. The molecule has 5 heteroatoms. The van der Waals surface area contributed by atoms with Crippen LogP contribution in [-0.2, 0) is 4.79 Å². The first-order valence-corrected chi connectivity index (χ1v) is 6.45. The normalized spacial score (nSPS) is 12.2. The summed E-state index contributed by atoms with van der Waals surface area (Å²) in [5.41, 5.74) is 0.996. The highest BCUT2D eigenvalue weighted by Crippen LogP contribution is 2.28. The van der Waals surface area contributed by atoms with E-state index in [-0.39, 0.29) is 19.1 Å². The molecule has 20 heavy (non-hydrogen) atoms. The SMILES string of the molecule is C/C=C/c1ccc(OCC(=O)NCC(C)O)c(OC)c1. The number of carbonyl (C=O) groups is 1. The zero-order valence-electron chi connectivity index (χ0n) is 12.1. The molecule has 5 nitrogen and oxygen atoms in total. The van der Waals surface area contributed by atoms with Gasteiger partial charge in [0.05, 0.1) is 13.2 Å². The Balaban J connectivity index is 2.61. The fraction of sp³-hybridized carbons (Fsp3) is 0.400. The number of methoxy groups -OCH3 is 1. The minimum atomic E-state index is -0.575. The van der Waals surface area contributed by atoms with Gasteiger partial charge in [-0.15, -0.1) is 0 Å². The monoisotopic (exact) mass is 279 g/mol. The molecule has 1 aromatic carbocycles. The standard InChI is InChI=1S/C15H21NO4/c1-4-5-12-6-7-13(14(8-12)19-3)20-10-15(18)16-9-11(2)17/h4-8,11,17H,9-10H2,1-3H3,(H,16,18)/b5-4+. The highest BCUT2D eigenvalue weighted by Gasteiger charge is 2.08. The predicted molar refractivity (Wildman–Crippen MR) is 77.9 cm³/mol. The van der Waals surface area contributed by atoms with Crippen molar-refractivity contribution in [1.29, 1.82) is 0 Å². The van der Waals surface area contributed by atoms with Crippen LogP contribution in [0, 0.1) is 0 Å². The van der Waals surface area contributed by atoms with Crippen molar-refractivity contribution < 1.29 is 19.4 Å². The predicted octanol–water partition coefficient (Wildman–Crippen LogP) is 1.60. The number of hydrogen-bond donors (Lipinski definition) is 2. The summed E-state index contributed by atoms with van der Waals surface area (Å²) in [4.78, 5) is 11.5. The molecule has 0 heterocycles. The van der Waals surface area contributed by atoms with E-state index in [1.165, 1.54) is 0 Å². The summed E-state index contributed by atoms with van der Waals surface area (Å²) in [6.07, 6.45) is 3.30. The summed E-state index contributed by atoms with van der Waals surface area (Å²) in [5.74, 6) is 0.794. The van der Waals surface area contributed by atoms with Crippen LogP contribution in [0.2, 0.25) is 0 Å². The van der Waals surface area contributed by atoms with Gasteiger partial charge in [-0.05, 0) is 31.5 Å². The highest BCUT2D eigenvalue weighted by atomic mass is 16.5. The Morgan fingerprint density at radius 3 is 2.80 bits per heavy atom. The van der Waals surface area contributed by atoms with E-state index in [4.69, 9.17) is 14.6 Å². The Bertz CT molecular complexity index is 469. The van der Waals surface area contributed by atoms with Crippen molar-refractivity contribution in [2.45, 2.75) is 20.0 Å². The molecule has 0 spiro atoms. The molecule has 1 aromatic rings. The Morgan fingerprint density at radius 2 is 2.20 bits per heavy atom. The number of benzene rings is 1. The van der Waals surface area contributed by atoms with E-state index < -0.39 is 6.10 Å². The van der Waals surface area contributed by atoms with Gasteiger partial charge in [0.25, 0.3) is 5.91 Å². The molecule has 1 atom stereocenters. The van der Waals surface area contributed by atoms with E-state index in [1.807, 2.05) is 31.2 Å². The molecule has 0 fully saturated rings. The molecule has 0 radical (unpaired) electrons. The summed E-state index contributed by atoms with van der Waals surface area (Å²) < 4.78 is 10.6. The van der Waals surface area contributed by atoms with Crippen LogP contribution in [0.3, 0.4) is 0 Å². The summed E-state index contributed by atoms with van der Waals surface area (Å²) in [6, 6.07) is 5.48. The van der Waals surface area contributed by atoms with E-state index in [0.29, 0.717) is 11.5 Å². The van der Waals surface area contributed by atoms with Crippen molar-refractivity contribution in [2.24, 2.45) is 0 Å². The minimum Gasteiger partial charge on any atom is -0.493 e. The van der Waals surface area contributed by atoms with Crippen LogP contribution >= 0.6 is 0 Å². The average Bonchev–Trinajstić information content (AvgIpc) is 2.43. The van der Waals surface area contributed by atoms with Gasteiger partial charge in [-0.3, -0.25) is 4.79 Å². The van der Waals surface area contributed by atoms with E-state index >= 15 is 0 Å². The number of rotatable bonds is 7. The van der Waals surface area contributed by atoms with E-state index in [0.717, 1.165) is 5.56 Å². The van der Waals surface area contributed by atoms with Crippen LogP contribution in [0.15, 0.2) is 24.3 Å². The highest BCUT2D eigenvalue weighted by molar-refractivity contribution is 5.77. The molecule has 0 aromatic heterocycles. The van der Waals surface area contributed by atoms with Crippen LogP contribution in [0.25, 0.3) is 6.08 Å². The number of allylic oxidation sites excluding steroid dienone is 1. The third-order valence-corrected chi connectivity index (χ3v) is 2.50. The Kier molecular flexibility index (Phi) is 6.59. The van der Waals surface area contributed by atoms with Crippen LogP contribution in [0.1, 0.15) is 19.4 Å². The second-order valence-electron chi connectivity index (χ2n) is 4.35. The number of carbonyl (C=O) groups excluding carboxylic acids is 1. The molecule has 0 saturated heterocycles. The molecular formula is C15H21NO4. The molecule has 1 amide bonds. The molecule has 1 rings (SSSR count). The molecule has 110 valence electrons. The van der Waals surface area contributed by atoms with Gasteiger partial charge in [0.1, 0.15) is 0 Å². The van der Waals surface area contributed by atoms with Crippen LogP contribution in [0.5, 0.6) is 11.5 Å². The van der Waals surface area contributed by atoms with Crippen LogP contribution in [-0.4, -0.2) is 37.4 Å². The lowest BCUT2D eigenvalue weighted by atomic mass is 10.2. The van der Waals surface area contributed by atoms with Gasteiger partial charge in [-0.2, -0.15) is 0 Å². The Morgan fingerprint density at radius 1 is 1.45 bits per heavy atom. The van der Waals surface area contributed by atoms with E-state index in [2.05, 4.69) is 5.32 Å². The zero-order valence-corrected chi connectivity index (χ0v) is 12.1. The first-order chi connectivity index (χ1) is 9.56. The summed E-state index contributed by atoms with van der Waals surface area (Å²) >= 11 is 0. The van der Waals surface area contributed by atoms with Crippen molar-refractivity contribution in [2.75, 3.05) is 20.3 Å². The molecule has 0 bridgehead atoms. The zero-order chi connectivity index (χ0) is 15.0. The van der Waals surface area contributed by atoms with Gasteiger partial charge in [0, 0.05) is 6.54 Å². The van der Waals surface area contributed by atoms with Gasteiger partial charge < -0.3 is 19.9 Å². The van der Waals surface area contributed by atoms with Crippen LogP contribution in [0.4, 0.5) is 0 Å². The molecule has 2 N–H and O–H groups in total. The lowest BCUT2D eigenvalue weighted by Crippen LogP contribution is -2.34. The van der Waals surface area contributed by atoms with Gasteiger partial charge in [0.15, 0.2) is 18.1 Å². The Hall–Kier alpha value is -2.01. The third kappa shape index (κ3) is 5.32. The molecule has 0 aliphatic rings. The molecule has 0 aliphatic heterocycles. The van der Waals surface area contributed by atoms with Crippen molar-refractivity contribution >= 4 is 12.0 Å². The maximum atomic E-state index is 11.5. The van der Waals surface area contributed by atoms with Gasteiger partial charge in [-0.25, -0.2) is 0 Å². The number of ether oxygens (including phenoxy) is 2. The minimum absolute atomic E-state index is 0.119. The molecule has 0 aliphatic carbocycles. The number of nitrogens with one attached hydrogen (secondary N) is 1. The third-order valence-electron chi connectivity index (χ3n) is 2.50. The maximum absolute atomic E-state index is 11.5. The second-order valence-corrected chi connectivity index (χ2v) is 4.35. The topological polar surface area (TPSA) is 67.8 Å². The van der Waals surface area contributed by atoms with E-state index in [9.17, 15) is 4.79 Å². The summed E-state index contributed by atoms with van der Waals surface area (Å²) in [7, 11) is 1.55. The molecule has 0 saturated carbocycles. The van der Waals surface area contributed by atoms with Gasteiger partial charge >= 0.3 is 0 Å². The summed E-state index contributed by atoms with van der Waals surface area (Å²) in [5, 5.41) is 11.6. The Labute approximate surface area is 119 Å². The quantitative estimate of drug-likeness (QED) is 0.795. The number of amides is 1. The first-order valence-electron chi connectivity index (χ1n) is 6.45. The fourth-order valence-electron chi connectivity index (χ4n) is 1.56. The number of aliphatic hydroxyl groups excluding tert-OH is 1. The van der Waals surface area contributed by atoms with Gasteiger partial charge in [-0.1, -0.05) is 18.2 Å². The van der Waals surface area contributed by atoms with Crippen molar-refractivity contribution in [3.05, 3.63) is 29.8 Å². The van der Waals surface area contributed by atoms with Gasteiger partial charge in [0.2, 0.25) is 0 Å². The fourth-order valence-corrected chi connectivity index (χ4v) is 1.56. The lowest BCUT2D eigenvalue weighted by Gasteiger charge is -2.12. The van der Waals surface area contributed by atoms with Crippen LogP contribution < -0.4 is 14.8 Å². The average molecular weight is 279 g/mol. The first kappa shape index (κ1) is 16.0. The second kappa shape index (κ2) is 8.22. The van der Waals surface area contributed by atoms with Crippen molar-refractivity contribution in [3.63, 3.8) is 0 Å². The van der Waals surface area contributed by atoms with Crippen molar-refractivity contribution in [3.8, 4) is 11.5 Å². The maximum Gasteiger partial charge on any atom is 0.258 e. The van der Waals surface area contributed by atoms with Crippen molar-refractivity contribution in [1.82, 2.24) is 5.32 Å². The molecule has 1 unspecified atom stereocenters. The largest absolute Gasteiger partial charge is 0.493 e.